The van der Waals surface area contributed by atoms with Crippen LogP contribution in [0.25, 0.3) is 0 Å². The Morgan fingerprint density at radius 1 is 1.03 bits per heavy atom. The number of rotatable bonds is 8. The van der Waals surface area contributed by atoms with Crippen molar-refractivity contribution in [3.05, 3.63) is 65.7 Å². The van der Waals surface area contributed by atoms with Crippen LogP contribution in [0.15, 0.2) is 59.6 Å². The molecule has 29 heavy (non-hydrogen) atoms. The number of ether oxygens (including phenoxy) is 2. The maximum atomic E-state index is 6.02. The normalized spacial score (nSPS) is 13.2. The summed E-state index contributed by atoms with van der Waals surface area (Å²) in [6.07, 6.45) is 5.18. The first-order valence-electron chi connectivity index (χ1n) is 9.43. The fraction of sp³-hybridized carbons (Fsp3) is 0.318. The number of hydrogen-bond acceptors (Lipinski definition) is 4. The summed E-state index contributed by atoms with van der Waals surface area (Å²) in [6, 6.07) is 14.4. The van der Waals surface area contributed by atoms with Gasteiger partial charge in [0, 0.05) is 25.3 Å². The molecule has 0 amide bonds. The first-order chi connectivity index (χ1) is 13.7. The number of nitrogens with two attached hydrogens (primary N) is 1. The Labute approximate surface area is 189 Å². The number of guanidine groups is 1. The van der Waals surface area contributed by atoms with Crippen molar-refractivity contribution in [2.45, 2.75) is 13.0 Å². The Morgan fingerprint density at radius 3 is 2.52 bits per heavy atom. The fourth-order valence-corrected chi connectivity index (χ4v) is 3.14. The minimum atomic E-state index is 0. The Balaban J connectivity index is 0.00000300. The maximum absolute atomic E-state index is 6.02. The molecule has 0 radical (unpaired) electrons. The van der Waals surface area contributed by atoms with Crippen molar-refractivity contribution in [3.8, 4) is 11.5 Å². The first-order valence-corrected chi connectivity index (χ1v) is 9.43. The van der Waals surface area contributed by atoms with E-state index in [0.717, 1.165) is 42.1 Å². The number of methoxy groups -OCH3 is 2. The highest BCUT2D eigenvalue weighted by Gasteiger charge is 2.08. The summed E-state index contributed by atoms with van der Waals surface area (Å²) in [7, 11) is 3.27. The Morgan fingerprint density at radius 2 is 1.79 bits per heavy atom. The van der Waals surface area contributed by atoms with Gasteiger partial charge in [0.1, 0.15) is 0 Å². The van der Waals surface area contributed by atoms with Crippen LogP contribution >= 0.6 is 24.0 Å². The molecule has 0 saturated heterocycles. The molecular formula is C22H29IN4O2. The molecule has 156 valence electrons. The van der Waals surface area contributed by atoms with E-state index in [-0.39, 0.29) is 24.0 Å². The third-order valence-electron chi connectivity index (χ3n) is 4.69. The molecule has 1 heterocycles. The molecule has 6 nitrogen and oxygen atoms in total. The monoisotopic (exact) mass is 508 g/mol. The lowest BCUT2D eigenvalue weighted by Crippen LogP contribution is -2.33. The number of hydrogen-bond donors (Lipinski definition) is 2. The van der Waals surface area contributed by atoms with Gasteiger partial charge in [-0.25, -0.2) is 4.99 Å². The summed E-state index contributed by atoms with van der Waals surface area (Å²) < 4.78 is 10.6. The largest absolute Gasteiger partial charge is 0.493 e. The third-order valence-corrected chi connectivity index (χ3v) is 4.69. The number of nitrogens with one attached hydrogen (secondary N) is 1. The Kier molecular flexibility index (Phi) is 9.11. The summed E-state index contributed by atoms with van der Waals surface area (Å²) >= 11 is 0. The lowest BCUT2D eigenvalue weighted by molar-refractivity contribution is 0.354. The lowest BCUT2D eigenvalue weighted by atomic mass is 10.1. The molecule has 0 atom stereocenters. The molecule has 0 spiro atoms. The predicted molar refractivity (Wildman–Crippen MR) is 130 cm³/mol. The zero-order valence-corrected chi connectivity index (χ0v) is 19.3. The predicted octanol–water partition coefficient (Wildman–Crippen LogP) is 3.35. The van der Waals surface area contributed by atoms with Crippen molar-refractivity contribution in [1.82, 2.24) is 5.32 Å². The van der Waals surface area contributed by atoms with E-state index >= 15 is 0 Å². The molecule has 1 aliphatic heterocycles. The molecule has 0 bridgehead atoms. The van der Waals surface area contributed by atoms with Crippen LogP contribution in [0.2, 0.25) is 0 Å². The van der Waals surface area contributed by atoms with Crippen molar-refractivity contribution in [1.29, 1.82) is 0 Å². The maximum Gasteiger partial charge on any atom is 0.188 e. The summed E-state index contributed by atoms with van der Waals surface area (Å²) in [6.45, 7) is 3.19. The van der Waals surface area contributed by atoms with Gasteiger partial charge in [-0.1, -0.05) is 30.4 Å². The van der Waals surface area contributed by atoms with Gasteiger partial charge >= 0.3 is 0 Å². The van der Waals surface area contributed by atoms with Crippen molar-refractivity contribution in [3.63, 3.8) is 0 Å². The van der Waals surface area contributed by atoms with Crippen LogP contribution in [-0.4, -0.2) is 39.8 Å². The summed E-state index contributed by atoms with van der Waals surface area (Å²) in [4.78, 5) is 6.78. The topological polar surface area (TPSA) is 72.1 Å². The molecule has 3 N–H and O–H groups in total. The molecular weight excluding hydrogens is 479 g/mol. The molecule has 7 heteroatoms. The van der Waals surface area contributed by atoms with Gasteiger partial charge in [0.15, 0.2) is 17.5 Å². The second-order valence-corrected chi connectivity index (χ2v) is 6.61. The zero-order valence-electron chi connectivity index (χ0n) is 16.9. The van der Waals surface area contributed by atoms with Crippen molar-refractivity contribution in [2.75, 3.05) is 38.8 Å². The molecule has 0 aromatic heterocycles. The quantitative estimate of drug-likeness (QED) is 0.248. The van der Waals surface area contributed by atoms with E-state index in [1.165, 1.54) is 5.69 Å². The van der Waals surface area contributed by atoms with E-state index in [1.54, 1.807) is 14.2 Å². The molecule has 1 aliphatic rings. The summed E-state index contributed by atoms with van der Waals surface area (Å²) in [5.74, 6) is 1.91. The van der Waals surface area contributed by atoms with Crippen LogP contribution < -0.4 is 25.4 Å². The van der Waals surface area contributed by atoms with Crippen LogP contribution in [0, 0.1) is 0 Å². The van der Waals surface area contributed by atoms with Crippen LogP contribution in [0.3, 0.4) is 0 Å². The second-order valence-electron chi connectivity index (χ2n) is 6.61. The minimum absolute atomic E-state index is 0. The van der Waals surface area contributed by atoms with Gasteiger partial charge in [-0.15, -0.1) is 24.0 Å². The van der Waals surface area contributed by atoms with Crippen molar-refractivity contribution in [2.24, 2.45) is 10.7 Å². The number of anilines is 1. The number of halogens is 1. The average Bonchev–Trinajstić information content (AvgIpc) is 3.27. The molecule has 2 aromatic rings. The van der Waals surface area contributed by atoms with E-state index in [9.17, 15) is 0 Å². The molecule has 0 unspecified atom stereocenters. The fourth-order valence-electron chi connectivity index (χ4n) is 3.14. The highest BCUT2D eigenvalue weighted by molar-refractivity contribution is 14.0. The van der Waals surface area contributed by atoms with Crippen molar-refractivity contribution < 1.29 is 9.47 Å². The molecule has 2 aromatic carbocycles. The van der Waals surface area contributed by atoms with E-state index in [2.05, 4.69) is 51.6 Å². The van der Waals surface area contributed by atoms with Crippen LogP contribution in [0.1, 0.15) is 11.1 Å². The number of nitrogens with zero attached hydrogens (tertiary/aromatic N) is 2. The first kappa shape index (κ1) is 22.9. The number of aliphatic imine (C=N–C) groups is 1. The molecule has 0 aliphatic carbocycles. The standard InChI is InChI=1S/C22H28N4O2.HI/c1-27-20-9-8-17(15-21(20)28-2)10-11-24-22(23)25-16-18-6-5-7-19(14-18)26-12-3-4-13-26;/h3-9,14-15H,10-13,16H2,1-2H3,(H3,23,24,25);1H. The van der Waals surface area contributed by atoms with Crippen LogP contribution in [0.5, 0.6) is 11.5 Å². The van der Waals surface area contributed by atoms with Gasteiger partial charge < -0.3 is 25.4 Å². The molecule has 3 rings (SSSR count). The van der Waals surface area contributed by atoms with Crippen molar-refractivity contribution >= 4 is 35.6 Å². The van der Waals surface area contributed by atoms with E-state index in [0.29, 0.717) is 19.0 Å². The van der Waals surface area contributed by atoms with Gasteiger partial charge in [0.25, 0.3) is 0 Å². The Hall–Kier alpha value is -2.42. The molecule has 0 fully saturated rings. The smallest absolute Gasteiger partial charge is 0.188 e. The lowest BCUT2D eigenvalue weighted by Gasteiger charge is -2.18. The van der Waals surface area contributed by atoms with E-state index in [4.69, 9.17) is 15.2 Å². The van der Waals surface area contributed by atoms with Gasteiger partial charge in [-0.2, -0.15) is 0 Å². The number of benzene rings is 2. The van der Waals surface area contributed by atoms with Gasteiger partial charge in [-0.3, -0.25) is 0 Å². The van der Waals surface area contributed by atoms with Crippen LogP contribution in [0.4, 0.5) is 5.69 Å². The van der Waals surface area contributed by atoms with Gasteiger partial charge in [0.05, 0.1) is 20.8 Å². The van der Waals surface area contributed by atoms with E-state index in [1.807, 2.05) is 18.2 Å². The van der Waals surface area contributed by atoms with E-state index < -0.39 is 0 Å². The van der Waals surface area contributed by atoms with Crippen LogP contribution in [-0.2, 0) is 13.0 Å². The van der Waals surface area contributed by atoms with Gasteiger partial charge in [-0.05, 0) is 41.8 Å². The molecule has 0 saturated carbocycles. The zero-order chi connectivity index (χ0) is 19.8. The third kappa shape index (κ3) is 6.56. The average molecular weight is 508 g/mol. The van der Waals surface area contributed by atoms with Gasteiger partial charge in [0.2, 0.25) is 0 Å². The SMILES string of the molecule is COc1ccc(CCNC(N)=NCc2cccc(N3CC=CC3)c2)cc1OC.I. The highest BCUT2D eigenvalue weighted by atomic mass is 127. The second kappa shape index (κ2) is 11.5. The minimum Gasteiger partial charge on any atom is -0.493 e. The Bertz CT molecular complexity index is 846. The highest BCUT2D eigenvalue weighted by Crippen LogP contribution is 2.27. The summed E-state index contributed by atoms with van der Waals surface area (Å²) in [5.41, 5.74) is 9.53. The summed E-state index contributed by atoms with van der Waals surface area (Å²) in [5, 5.41) is 3.17.